The van der Waals surface area contributed by atoms with Gasteiger partial charge in [-0.2, -0.15) is 0 Å². The minimum atomic E-state index is 0.150. The highest BCUT2D eigenvalue weighted by Gasteiger charge is 2.68. The van der Waals surface area contributed by atoms with Crippen molar-refractivity contribution < 1.29 is 4.79 Å². The van der Waals surface area contributed by atoms with Crippen molar-refractivity contribution in [2.24, 2.45) is 68.5 Å². The molecule has 4 aliphatic carbocycles. The molecule has 0 aromatic rings. The number of hydrogen-bond donors (Lipinski definition) is 0. The first-order chi connectivity index (χ1) is 15.9. The Morgan fingerprint density at radius 2 is 1.57 bits per heavy atom. The summed E-state index contributed by atoms with van der Waals surface area (Å²) in [5, 5.41) is 0. The number of fused-ring (bicyclic) bond motifs is 5. The van der Waals surface area contributed by atoms with Gasteiger partial charge in [0.25, 0.3) is 0 Å². The molecule has 4 aliphatic rings. The fraction of sp³-hybridized carbons (Fsp3) is 0.912. The highest BCUT2D eigenvalue weighted by molar-refractivity contribution is 5.94. The first-order valence-corrected chi connectivity index (χ1v) is 15.1. The number of ketones is 1. The molecule has 3 fully saturated rings. The van der Waals surface area contributed by atoms with Gasteiger partial charge in [-0.1, -0.05) is 88.7 Å². The minimum absolute atomic E-state index is 0.150. The van der Waals surface area contributed by atoms with Crippen LogP contribution in [0.15, 0.2) is 11.6 Å². The Bertz CT molecular complexity index is 872. The maximum Gasteiger partial charge on any atom is 0.159 e. The molecule has 0 aliphatic heterocycles. The third-order valence-electron chi connectivity index (χ3n) is 13.2. The molecule has 1 unspecified atom stereocenters. The quantitative estimate of drug-likeness (QED) is 0.389. The number of allylic oxidation sites excluding steroid dienone is 2. The average Bonchev–Trinajstić information content (AvgIpc) is 2.93. The van der Waals surface area contributed by atoms with Crippen molar-refractivity contribution in [3.63, 3.8) is 0 Å². The van der Waals surface area contributed by atoms with E-state index >= 15 is 0 Å². The fourth-order valence-electron chi connectivity index (χ4n) is 10.6. The van der Waals surface area contributed by atoms with Gasteiger partial charge in [-0.3, -0.25) is 4.79 Å². The predicted octanol–water partition coefficient (Wildman–Crippen LogP) is 9.75. The van der Waals surface area contributed by atoms with Crippen LogP contribution in [0.4, 0.5) is 0 Å². The van der Waals surface area contributed by atoms with Crippen LogP contribution >= 0.6 is 0 Å². The highest BCUT2D eigenvalue weighted by Crippen LogP contribution is 2.75. The summed E-state index contributed by atoms with van der Waals surface area (Å²) in [5.74, 6) is 4.81. The van der Waals surface area contributed by atoms with E-state index in [9.17, 15) is 4.79 Å². The lowest BCUT2D eigenvalue weighted by molar-refractivity contribution is -0.134. The molecule has 0 N–H and O–H groups in total. The fourth-order valence-corrected chi connectivity index (χ4v) is 10.6. The van der Waals surface area contributed by atoms with Gasteiger partial charge in [0.1, 0.15) is 0 Å². The van der Waals surface area contributed by atoms with Gasteiger partial charge in [0.15, 0.2) is 5.78 Å². The molecule has 1 nitrogen and oxygen atoms in total. The first kappa shape index (κ1) is 27.4. The van der Waals surface area contributed by atoms with E-state index in [-0.39, 0.29) is 22.2 Å². The zero-order valence-corrected chi connectivity index (χ0v) is 25.5. The van der Waals surface area contributed by atoms with Crippen molar-refractivity contribution in [1.82, 2.24) is 0 Å². The molecule has 1 heteroatoms. The summed E-state index contributed by atoms with van der Waals surface area (Å²) in [5.41, 5.74) is 2.85. The number of rotatable bonds is 4. The molecule has 35 heavy (non-hydrogen) atoms. The van der Waals surface area contributed by atoms with E-state index in [1.54, 1.807) is 5.57 Å². The molecule has 0 radical (unpaired) electrons. The van der Waals surface area contributed by atoms with Crippen LogP contribution in [0.2, 0.25) is 0 Å². The van der Waals surface area contributed by atoms with Crippen molar-refractivity contribution >= 4 is 5.78 Å². The Morgan fingerprint density at radius 3 is 2.17 bits per heavy atom. The Balaban J connectivity index is 1.71. The summed E-state index contributed by atoms with van der Waals surface area (Å²) in [6, 6.07) is 0. The lowest BCUT2D eigenvalue weighted by Gasteiger charge is -2.62. The molecule has 0 bridgehead atoms. The smallest absolute Gasteiger partial charge is 0.159 e. The summed E-state index contributed by atoms with van der Waals surface area (Å²) in [6.45, 7) is 30.0. The molecule has 0 aromatic carbocycles. The summed E-state index contributed by atoms with van der Waals surface area (Å²) < 4.78 is 0. The molecule has 10 atom stereocenters. The molecule has 0 spiro atoms. The first-order valence-electron chi connectivity index (χ1n) is 15.1. The topological polar surface area (TPSA) is 17.1 Å². The molecular formula is C34H58O. The monoisotopic (exact) mass is 482 g/mol. The maximum absolute atomic E-state index is 13.7. The van der Waals surface area contributed by atoms with E-state index in [0.717, 1.165) is 12.3 Å². The van der Waals surface area contributed by atoms with E-state index in [1.165, 1.54) is 38.5 Å². The zero-order chi connectivity index (χ0) is 26.4. The number of carbonyl (C=O) groups is 1. The van der Waals surface area contributed by atoms with Gasteiger partial charge in [-0.25, -0.2) is 0 Å². The van der Waals surface area contributed by atoms with E-state index in [2.05, 4.69) is 89.2 Å². The molecule has 0 heterocycles. The van der Waals surface area contributed by atoms with Crippen molar-refractivity contribution in [2.75, 3.05) is 0 Å². The van der Waals surface area contributed by atoms with Crippen molar-refractivity contribution in [2.45, 2.75) is 128 Å². The van der Waals surface area contributed by atoms with Crippen LogP contribution in [0, 0.1) is 68.5 Å². The van der Waals surface area contributed by atoms with Crippen LogP contribution < -0.4 is 0 Å². The molecule has 0 saturated heterocycles. The second-order valence-corrected chi connectivity index (χ2v) is 16.8. The average molecular weight is 483 g/mol. The van der Waals surface area contributed by atoms with E-state index in [1.807, 2.05) is 0 Å². The lowest BCUT2D eigenvalue weighted by Crippen LogP contribution is -2.56. The lowest BCUT2D eigenvalue weighted by atomic mass is 9.41. The Hall–Kier alpha value is -0.590. The number of hydrogen-bond acceptors (Lipinski definition) is 1. The second kappa shape index (κ2) is 8.46. The van der Waals surface area contributed by atoms with Crippen molar-refractivity contribution in [3.05, 3.63) is 11.6 Å². The highest BCUT2D eigenvalue weighted by atomic mass is 16.1. The Labute approximate surface area is 218 Å². The molecule has 0 amide bonds. The standard InChI is InChI=1S/C34H58O/c1-21-17-27-28(35)18-26-25(32(27,10)19-22(21)2)14-16-33(11)29(23(3)20-34(26,33)12)31(8,9)24(4)13-15-30(5,6)7/h18,21-25,27,29H,13-17,19-20H2,1-12H3/t21-,22+,23+,24-,25?,27+,29-,32-,33-,34+/m1/s1. The summed E-state index contributed by atoms with van der Waals surface area (Å²) in [6.07, 6.45) is 11.0. The van der Waals surface area contributed by atoms with Crippen molar-refractivity contribution in [3.8, 4) is 0 Å². The Morgan fingerprint density at radius 1 is 0.943 bits per heavy atom. The van der Waals surface area contributed by atoms with Gasteiger partial charge in [0.05, 0.1) is 0 Å². The maximum atomic E-state index is 13.7. The van der Waals surface area contributed by atoms with Crippen molar-refractivity contribution in [1.29, 1.82) is 0 Å². The van der Waals surface area contributed by atoms with Crippen LogP contribution in [0.5, 0.6) is 0 Å². The SMILES string of the molecule is C[C@@H]1C[C@H]2C(=O)C=C3C(CC[C@]4(C)[C@@H](C(C)(C)[C@H](C)CCC(C)(C)C)[C@@H](C)C[C@@]34C)[C@@]2(C)C[C@@H]1C. The third-order valence-corrected chi connectivity index (χ3v) is 13.2. The third kappa shape index (κ3) is 4.03. The Kier molecular flexibility index (Phi) is 6.63. The van der Waals surface area contributed by atoms with Crippen LogP contribution in [0.25, 0.3) is 0 Å². The van der Waals surface area contributed by atoms with Crippen LogP contribution in [0.1, 0.15) is 128 Å². The van der Waals surface area contributed by atoms with Gasteiger partial charge in [-0.05, 0) is 114 Å². The van der Waals surface area contributed by atoms with E-state index < -0.39 is 0 Å². The molecular weight excluding hydrogens is 424 g/mol. The van der Waals surface area contributed by atoms with Gasteiger partial charge < -0.3 is 0 Å². The normalized spacial score (nSPS) is 47.0. The summed E-state index contributed by atoms with van der Waals surface area (Å²) in [7, 11) is 0. The van der Waals surface area contributed by atoms with Crippen LogP contribution in [0.3, 0.4) is 0 Å². The summed E-state index contributed by atoms with van der Waals surface area (Å²) >= 11 is 0. The molecule has 0 aromatic heterocycles. The minimum Gasteiger partial charge on any atom is -0.295 e. The van der Waals surface area contributed by atoms with Gasteiger partial charge in [0.2, 0.25) is 0 Å². The van der Waals surface area contributed by atoms with E-state index in [0.29, 0.717) is 46.2 Å². The molecule has 4 rings (SSSR count). The van der Waals surface area contributed by atoms with Gasteiger partial charge in [0, 0.05) is 5.92 Å². The second-order valence-electron chi connectivity index (χ2n) is 16.8. The molecule has 3 saturated carbocycles. The molecule has 200 valence electrons. The van der Waals surface area contributed by atoms with Gasteiger partial charge >= 0.3 is 0 Å². The van der Waals surface area contributed by atoms with E-state index in [4.69, 9.17) is 0 Å². The number of carbonyl (C=O) groups excluding carboxylic acids is 1. The zero-order valence-electron chi connectivity index (χ0n) is 25.5. The predicted molar refractivity (Wildman–Crippen MR) is 150 cm³/mol. The van der Waals surface area contributed by atoms with Gasteiger partial charge in [-0.15, -0.1) is 0 Å². The van der Waals surface area contributed by atoms with Crippen LogP contribution in [-0.2, 0) is 4.79 Å². The summed E-state index contributed by atoms with van der Waals surface area (Å²) in [4.78, 5) is 13.7. The van der Waals surface area contributed by atoms with Crippen LogP contribution in [-0.4, -0.2) is 5.78 Å². The largest absolute Gasteiger partial charge is 0.295 e.